The van der Waals surface area contributed by atoms with Crippen LogP contribution in [0.25, 0.3) is 22.6 Å². The summed E-state index contributed by atoms with van der Waals surface area (Å²) in [5.41, 5.74) is 4.88. The first-order valence-electron chi connectivity index (χ1n) is 9.08. The topological polar surface area (TPSA) is 90.6 Å². The number of amides is 1. The number of H-pyrrole nitrogens is 1. The highest BCUT2D eigenvalue weighted by Gasteiger charge is 2.44. The maximum atomic E-state index is 13.4. The van der Waals surface area contributed by atoms with Crippen molar-refractivity contribution in [2.45, 2.75) is 26.2 Å². The number of rotatable bonds is 3. The third kappa shape index (κ3) is 2.52. The van der Waals surface area contributed by atoms with Gasteiger partial charge in [-0.1, -0.05) is 0 Å². The molecular formula is C19H17FN6OS. The summed E-state index contributed by atoms with van der Waals surface area (Å²) in [4.78, 5) is 21.0. The lowest BCUT2D eigenvalue weighted by Gasteiger charge is -2.16. The minimum atomic E-state index is -0.168. The van der Waals surface area contributed by atoms with E-state index >= 15 is 0 Å². The summed E-state index contributed by atoms with van der Waals surface area (Å²) in [5, 5.41) is 13.9. The zero-order valence-corrected chi connectivity index (χ0v) is 16.2. The lowest BCUT2D eigenvalue weighted by atomic mass is 9.96. The summed E-state index contributed by atoms with van der Waals surface area (Å²) in [6, 6.07) is 5.54. The monoisotopic (exact) mass is 396 g/mol. The smallest absolute Gasteiger partial charge is 0.223 e. The van der Waals surface area contributed by atoms with Gasteiger partial charge in [0.2, 0.25) is 5.91 Å². The number of anilines is 1. The Morgan fingerprint density at radius 1 is 1.43 bits per heavy atom. The van der Waals surface area contributed by atoms with Crippen molar-refractivity contribution in [3.8, 4) is 17.6 Å². The van der Waals surface area contributed by atoms with Gasteiger partial charge in [0.1, 0.15) is 11.8 Å². The molecule has 2 unspecified atom stereocenters. The molecule has 0 radical (unpaired) electrons. The van der Waals surface area contributed by atoms with Crippen molar-refractivity contribution in [3.63, 3.8) is 0 Å². The third-order valence-electron chi connectivity index (χ3n) is 5.89. The van der Waals surface area contributed by atoms with Crippen LogP contribution in [0.15, 0.2) is 12.1 Å². The maximum absolute atomic E-state index is 13.4. The third-order valence-corrected chi connectivity index (χ3v) is 6.32. The van der Waals surface area contributed by atoms with Gasteiger partial charge in [0.25, 0.3) is 0 Å². The Balaban J connectivity index is 1.64. The fraction of sp³-hybridized carbons (Fsp3) is 0.368. The molecule has 2 heterocycles. The van der Waals surface area contributed by atoms with E-state index in [0.717, 1.165) is 24.1 Å². The molecule has 5 rings (SSSR count). The number of nitriles is 1. The number of carbonyl (C=O) groups excluding carboxylic acids is 1. The van der Waals surface area contributed by atoms with Crippen LogP contribution in [-0.2, 0) is 17.6 Å². The Morgan fingerprint density at radius 3 is 2.93 bits per heavy atom. The molecule has 2 aliphatic carbocycles. The molecule has 0 spiro atoms. The van der Waals surface area contributed by atoms with Gasteiger partial charge in [-0.15, -0.1) is 3.89 Å². The molecule has 2 atom stereocenters. The van der Waals surface area contributed by atoms with Crippen LogP contribution in [0.1, 0.15) is 30.2 Å². The first kappa shape index (κ1) is 17.3. The number of halogens is 1. The molecule has 0 aliphatic heterocycles. The van der Waals surface area contributed by atoms with E-state index in [0.29, 0.717) is 45.6 Å². The summed E-state index contributed by atoms with van der Waals surface area (Å²) in [5.74, 6) is 1.71. The predicted molar refractivity (Wildman–Crippen MR) is 104 cm³/mol. The number of fused-ring (bicyclic) bond motifs is 3. The summed E-state index contributed by atoms with van der Waals surface area (Å²) in [7, 11) is 1.63. The van der Waals surface area contributed by atoms with Crippen LogP contribution in [0.3, 0.4) is 0 Å². The van der Waals surface area contributed by atoms with Crippen LogP contribution in [-0.4, -0.2) is 32.1 Å². The van der Waals surface area contributed by atoms with E-state index in [1.165, 1.54) is 22.3 Å². The number of hydrogen-bond donors (Lipinski definition) is 1. The van der Waals surface area contributed by atoms with Gasteiger partial charge in [0.05, 0.1) is 28.0 Å². The second-order valence-corrected chi connectivity index (χ2v) is 8.03. The van der Waals surface area contributed by atoms with E-state index in [1.807, 2.05) is 0 Å². The maximum Gasteiger partial charge on any atom is 0.223 e. The Hall–Kier alpha value is -2.86. The summed E-state index contributed by atoms with van der Waals surface area (Å²) >= 11 is 0.119. The largest absolute Gasteiger partial charge is 0.337 e. The number of imidazole rings is 1. The molecule has 1 amide bonds. The molecule has 28 heavy (non-hydrogen) atoms. The van der Waals surface area contributed by atoms with Crippen molar-refractivity contribution in [3.05, 3.63) is 29.0 Å². The Morgan fingerprint density at radius 2 is 2.21 bits per heavy atom. The zero-order chi connectivity index (χ0) is 19.6. The predicted octanol–water partition coefficient (Wildman–Crippen LogP) is 3.40. The highest BCUT2D eigenvalue weighted by Crippen LogP contribution is 2.50. The van der Waals surface area contributed by atoms with E-state index in [4.69, 9.17) is 0 Å². The summed E-state index contributed by atoms with van der Waals surface area (Å²) in [6.07, 6.45) is 2.95. The van der Waals surface area contributed by atoms with E-state index in [9.17, 15) is 13.9 Å². The minimum Gasteiger partial charge on any atom is -0.337 e. The normalized spacial score (nSPS) is 19.8. The number of aromatic amines is 1. The SMILES string of the molecule is CC(=O)N(C)c1cc2nc(-c3nn(SF)c4c3CC3CC3C4)[nH]c2cc1C#N. The van der Waals surface area contributed by atoms with Gasteiger partial charge in [0, 0.05) is 19.5 Å². The molecular weight excluding hydrogens is 379 g/mol. The van der Waals surface area contributed by atoms with Crippen molar-refractivity contribution in [2.24, 2.45) is 11.8 Å². The molecule has 9 heteroatoms. The number of nitrogens with zero attached hydrogens (tertiary/aromatic N) is 5. The van der Waals surface area contributed by atoms with Gasteiger partial charge in [-0.05, 0) is 43.2 Å². The first-order chi connectivity index (χ1) is 13.5. The molecule has 7 nitrogen and oxygen atoms in total. The van der Waals surface area contributed by atoms with Crippen LogP contribution in [0, 0.1) is 23.2 Å². The summed E-state index contributed by atoms with van der Waals surface area (Å²) < 4.78 is 14.8. The van der Waals surface area contributed by atoms with Gasteiger partial charge in [-0.2, -0.15) is 14.4 Å². The second kappa shape index (κ2) is 6.07. The fourth-order valence-electron chi connectivity index (χ4n) is 4.14. The zero-order valence-electron chi connectivity index (χ0n) is 15.4. The highest BCUT2D eigenvalue weighted by molar-refractivity contribution is 7.92. The van der Waals surface area contributed by atoms with Crippen LogP contribution >= 0.6 is 12.3 Å². The number of hydrogen-bond acceptors (Lipinski definition) is 5. The minimum absolute atomic E-state index is 0.119. The van der Waals surface area contributed by atoms with Gasteiger partial charge in [0.15, 0.2) is 18.2 Å². The molecule has 0 bridgehead atoms. The van der Waals surface area contributed by atoms with Crippen LogP contribution in [0.2, 0.25) is 0 Å². The average molecular weight is 396 g/mol. The van der Waals surface area contributed by atoms with Crippen molar-refractivity contribution in [1.29, 1.82) is 5.26 Å². The molecule has 2 aromatic heterocycles. The molecule has 1 fully saturated rings. The standard InChI is InChI=1S/C19H17FN6OS/c1-9(27)25(2)16-7-15-14(5-12(16)8-21)22-19(23-15)18-13-4-10-3-11(10)6-17(13)26(24-18)28-20/h5,7,10-11H,3-4,6H2,1-2H3,(H,22,23). The lowest BCUT2D eigenvalue weighted by molar-refractivity contribution is -0.116. The second-order valence-electron chi connectivity index (χ2n) is 7.54. The number of aromatic nitrogens is 4. The van der Waals surface area contributed by atoms with Gasteiger partial charge in [-0.25, -0.2) is 4.98 Å². The van der Waals surface area contributed by atoms with E-state index in [-0.39, 0.29) is 18.2 Å². The van der Waals surface area contributed by atoms with Crippen LogP contribution < -0.4 is 4.90 Å². The quantitative estimate of drug-likeness (QED) is 0.733. The molecule has 1 saturated carbocycles. The molecule has 1 N–H and O–H groups in total. The first-order valence-corrected chi connectivity index (χ1v) is 9.76. The Kier molecular flexibility index (Phi) is 3.74. The average Bonchev–Trinajstić information content (AvgIpc) is 3.18. The van der Waals surface area contributed by atoms with Crippen molar-refractivity contribution >= 4 is 35.0 Å². The van der Waals surface area contributed by atoms with Crippen LogP contribution in [0.5, 0.6) is 0 Å². The summed E-state index contributed by atoms with van der Waals surface area (Å²) in [6.45, 7) is 1.44. The molecule has 1 aromatic carbocycles. The van der Waals surface area contributed by atoms with Crippen molar-refractivity contribution in [1.82, 2.24) is 19.2 Å². The van der Waals surface area contributed by atoms with Crippen molar-refractivity contribution < 1.29 is 8.68 Å². The number of nitrogens with one attached hydrogen (secondary N) is 1. The molecule has 2 aliphatic rings. The Labute approximate surface area is 165 Å². The van der Waals surface area contributed by atoms with E-state index in [2.05, 4.69) is 21.1 Å². The van der Waals surface area contributed by atoms with E-state index in [1.54, 1.807) is 19.2 Å². The van der Waals surface area contributed by atoms with E-state index < -0.39 is 0 Å². The fourth-order valence-corrected chi connectivity index (χ4v) is 4.52. The number of benzene rings is 1. The lowest BCUT2D eigenvalue weighted by Crippen LogP contribution is -2.23. The van der Waals surface area contributed by atoms with Crippen LogP contribution in [0.4, 0.5) is 9.57 Å². The van der Waals surface area contributed by atoms with Gasteiger partial charge in [-0.3, -0.25) is 4.79 Å². The highest BCUT2D eigenvalue weighted by atomic mass is 32.2. The van der Waals surface area contributed by atoms with Crippen molar-refractivity contribution in [2.75, 3.05) is 11.9 Å². The molecule has 3 aromatic rings. The van der Waals surface area contributed by atoms with Gasteiger partial charge < -0.3 is 9.88 Å². The van der Waals surface area contributed by atoms with Gasteiger partial charge >= 0.3 is 0 Å². The number of carbonyl (C=O) groups is 1. The Bertz CT molecular complexity index is 1180. The molecule has 0 saturated heterocycles. The molecule has 142 valence electrons.